The molecule has 0 spiro atoms. The summed E-state index contributed by atoms with van der Waals surface area (Å²) in [6, 6.07) is 3.83. The Morgan fingerprint density at radius 2 is 2.16 bits per heavy atom. The van der Waals surface area contributed by atoms with E-state index in [1.54, 1.807) is 6.07 Å². The normalized spacial score (nSPS) is 24.0. The van der Waals surface area contributed by atoms with Crippen LogP contribution in [0.15, 0.2) is 18.2 Å². The van der Waals surface area contributed by atoms with E-state index in [0.717, 1.165) is 18.9 Å². The molecular weight excluding hydrogens is 250 g/mol. The van der Waals surface area contributed by atoms with Gasteiger partial charge in [0.2, 0.25) is 0 Å². The number of halogens is 2. The minimum atomic E-state index is -0.835. The summed E-state index contributed by atoms with van der Waals surface area (Å²) in [6.07, 6.45) is 2.93. The first kappa shape index (κ1) is 14.4. The Morgan fingerprint density at radius 3 is 2.79 bits per heavy atom. The minimum absolute atomic E-state index is 0.294. The van der Waals surface area contributed by atoms with Crippen molar-refractivity contribution in [1.29, 1.82) is 0 Å². The quantitative estimate of drug-likeness (QED) is 0.617. The predicted molar refractivity (Wildman–Crippen MR) is 69.2 cm³/mol. The smallest absolute Gasteiger partial charge is 0.163 e. The summed E-state index contributed by atoms with van der Waals surface area (Å²) in [5.74, 6) is 4.27. The van der Waals surface area contributed by atoms with Crippen LogP contribution in [-0.4, -0.2) is 12.7 Å². The third-order valence-corrected chi connectivity index (χ3v) is 3.72. The van der Waals surface area contributed by atoms with E-state index in [0.29, 0.717) is 30.6 Å². The van der Waals surface area contributed by atoms with Gasteiger partial charge in [-0.3, -0.25) is 11.3 Å². The summed E-state index contributed by atoms with van der Waals surface area (Å²) in [4.78, 5) is 0. The molecule has 1 aromatic rings. The van der Waals surface area contributed by atoms with Crippen molar-refractivity contribution in [3.8, 4) is 0 Å². The van der Waals surface area contributed by atoms with E-state index < -0.39 is 11.6 Å². The van der Waals surface area contributed by atoms with Crippen LogP contribution in [0.1, 0.15) is 37.8 Å². The van der Waals surface area contributed by atoms with Gasteiger partial charge in [0.15, 0.2) is 11.6 Å². The lowest BCUT2D eigenvalue weighted by molar-refractivity contribution is -0.0292. The number of nitrogens with two attached hydrogens (primary N) is 1. The van der Waals surface area contributed by atoms with Gasteiger partial charge in [0.1, 0.15) is 0 Å². The molecule has 2 rings (SSSR count). The monoisotopic (exact) mass is 270 g/mol. The molecule has 0 aliphatic heterocycles. The summed E-state index contributed by atoms with van der Waals surface area (Å²) in [7, 11) is 0. The molecule has 106 valence electrons. The third kappa shape index (κ3) is 3.29. The Morgan fingerprint density at radius 1 is 1.42 bits per heavy atom. The number of benzene rings is 1. The topological polar surface area (TPSA) is 47.3 Å². The van der Waals surface area contributed by atoms with Gasteiger partial charge in [-0.1, -0.05) is 12.1 Å². The molecule has 3 nitrogen and oxygen atoms in total. The number of rotatable bonds is 6. The largest absolute Gasteiger partial charge is 0.378 e. The Bertz CT molecular complexity index is 422. The SMILES string of the molecule is CCOC1CC(CC(NN)c2cccc(F)c2F)C1. The highest BCUT2D eigenvalue weighted by molar-refractivity contribution is 5.22. The number of hydrogen-bond donors (Lipinski definition) is 2. The zero-order chi connectivity index (χ0) is 13.8. The standard InChI is InChI=1S/C14H20F2N2O/c1-2-19-10-6-9(7-10)8-13(18-17)11-4-3-5-12(15)14(11)16/h3-5,9-10,13,18H,2,6-8,17H2,1H3. The van der Waals surface area contributed by atoms with Gasteiger partial charge in [-0.05, 0) is 38.2 Å². The van der Waals surface area contributed by atoms with Crippen molar-refractivity contribution in [2.24, 2.45) is 11.8 Å². The van der Waals surface area contributed by atoms with Gasteiger partial charge in [0.05, 0.1) is 6.10 Å². The van der Waals surface area contributed by atoms with Gasteiger partial charge < -0.3 is 4.74 Å². The van der Waals surface area contributed by atoms with Crippen LogP contribution in [-0.2, 0) is 4.74 Å². The number of nitrogens with one attached hydrogen (secondary N) is 1. The molecule has 1 aliphatic rings. The first-order valence-corrected chi connectivity index (χ1v) is 6.67. The number of hydrazine groups is 1. The first-order chi connectivity index (χ1) is 9.15. The van der Waals surface area contributed by atoms with E-state index in [-0.39, 0.29) is 6.04 Å². The maximum Gasteiger partial charge on any atom is 0.163 e. The fraction of sp³-hybridized carbons (Fsp3) is 0.571. The molecule has 1 aliphatic carbocycles. The van der Waals surface area contributed by atoms with Gasteiger partial charge in [-0.2, -0.15) is 0 Å². The van der Waals surface area contributed by atoms with Gasteiger partial charge in [0, 0.05) is 18.2 Å². The van der Waals surface area contributed by atoms with Crippen LogP contribution in [0, 0.1) is 17.6 Å². The van der Waals surface area contributed by atoms with Gasteiger partial charge >= 0.3 is 0 Å². The van der Waals surface area contributed by atoms with Gasteiger partial charge in [-0.15, -0.1) is 0 Å². The van der Waals surface area contributed by atoms with Crippen LogP contribution in [0.25, 0.3) is 0 Å². The van der Waals surface area contributed by atoms with Crippen LogP contribution in [0.5, 0.6) is 0 Å². The van der Waals surface area contributed by atoms with Crippen molar-refractivity contribution in [1.82, 2.24) is 5.43 Å². The summed E-state index contributed by atoms with van der Waals surface area (Å²) < 4.78 is 32.4. The van der Waals surface area contributed by atoms with Crippen LogP contribution in [0.2, 0.25) is 0 Å². The van der Waals surface area contributed by atoms with Crippen LogP contribution in [0.3, 0.4) is 0 Å². The molecule has 1 aromatic carbocycles. The molecule has 1 fully saturated rings. The van der Waals surface area contributed by atoms with E-state index in [4.69, 9.17) is 10.6 Å². The zero-order valence-corrected chi connectivity index (χ0v) is 11.0. The maximum absolute atomic E-state index is 13.7. The van der Waals surface area contributed by atoms with Crippen molar-refractivity contribution in [3.63, 3.8) is 0 Å². The first-order valence-electron chi connectivity index (χ1n) is 6.67. The zero-order valence-electron chi connectivity index (χ0n) is 11.0. The number of ether oxygens (including phenoxy) is 1. The molecule has 0 aromatic heterocycles. The van der Waals surface area contributed by atoms with Crippen molar-refractivity contribution >= 4 is 0 Å². The highest BCUT2D eigenvalue weighted by Gasteiger charge is 2.32. The second kappa shape index (κ2) is 6.41. The lowest BCUT2D eigenvalue weighted by Crippen LogP contribution is -2.37. The predicted octanol–water partition coefficient (Wildman–Crippen LogP) is 2.67. The van der Waals surface area contributed by atoms with E-state index in [9.17, 15) is 8.78 Å². The molecule has 0 saturated heterocycles. The van der Waals surface area contributed by atoms with Crippen molar-refractivity contribution in [3.05, 3.63) is 35.4 Å². The van der Waals surface area contributed by atoms with Crippen molar-refractivity contribution in [2.75, 3.05) is 6.61 Å². The third-order valence-electron chi connectivity index (χ3n) is 3.72. The van der Waals surface area contributed by atoms with Gasteiger partial charge in [-0.25, -0.2) is 8.78 Å². The van der Waals surface area contributed by atoms with E-state index in [1.165, 1.54) is 6.07 Å². The molecule has 1 atom stereocenters. The summed E-state index contributed by atoms with van der Waals surface area (Å²) in [6.45, 7) is 2.69. The molecule has 0 bridgehead atoms. The molecule has 1 saturated carbocycles. The van der Waals surface area contributed by atoms with E-state index in [1.807, 2.05) is 6.92 Å². The van der Waals surface area contributed by atoms with Gasteiger partial charge in [0.25, 0.3) is 0 Å². The van der Waals surface area contributed by atoms with Crippen LogP contribution in [0.4, 0.5) is 8.78 Å². The number of hydrogen-bond acceptors (Lipinski definition) is 3. The lowest BCUT2D eigenvalue weighted by atomic mass is 9.77. The molecule has 0 radical (unpaired) electrons. The second-order valence-corrected chi connectivity index (χ2v) is 5.01. The van der Waals surface area contributed by atoms with E-state index >= 15 is 0 Å². The Balaban J connectivity index is 1.96. The second-order valence-electron chi connectivity index (χ2n) is 5.01. The Kier molecular flexibility index (Phi) is 4.85. The average molecular weight is 270 g/mol. The molecule has 0 amide bonds. The molecule has 19 heavy (non-hydrogen) atoms. The average Bonchev–Trinajstić information content (AvgIpc) is 2.36. The highest BCUT2D eigenvalue weighted by Crippen LogP contribution is 2.37. The Labute approximate surface area is 112 Å². The fourth-order valence-corrected chi connectivity index (χ4v) is 2.65. The maximum atomic E-state index is 13.7. The summed E-state index contributed by atoms with van der Waals surface area (Å²) in [5, 5.41) is 0. The lowest BCUT2D eigenvalue weighted by Gasteiger charge is -2.37. The molecule has 1 unspecified atom stereocenters. The molecule has 5 heteroatoms. The Hall–Kier alpha value is -1.04. The fourth-order valence-electron chi connectivity index (χ4n) is 2.65. The minimum Gasteiger partial charge on any atom is -0.378 e. The van der Waals surface area contributed by atoms with Crippen molar-refractivity contribution < 1.29 is 13.5 Å². The summed E-state index contributed by atoms with van der Waals surface area (Å²) >= 11 is 0. The molecule has 3 N–H and O–H groups in total. The van der Waals surface area contributed by atoms with Crippen molar-refractivity contribution in [2.45, 2.75) is 38.3 Å². The summed E-state index contributed by atoms with van der Waals surface area (Å²) in [5.41, 5.74) is 2.88. The molecule has 0 heterocycles. The van der Waals surface area contributed by atoms with Crippen LogP contribution >= 0.6 is 0 Å². The molecular formula is C14H20F2N2O. The highest BCUT2D eigenvalue weighted by atomic mass is 19.2. The van der Waals surface area contributed by atoms with E-state index in [2.05, 4.69) is 5.43 Å². The van der Waals surface area contributed by atoms with Crippen LogP contribution < -0.4 is 11.3 Å².